The lowest BCUT2D eigenvalue weighted by molar-refractivity contribution is -0.132. The highest BCUT2D eigenvalue weighted by molar-refractivity contribution is 5.78. The predicted molar refractivity (Wildman–Crippen MR) is 70.2 cm³/mol. The van der Waals surface area contributed by atoms with Crippen molar-refractivity contribution in [2.45, 2.75) is 25.7 Å². The van der Waals surface area contributed by atoms with Crippen LogP contribution in [0.15, 0.2) is 16.5 Å². The molecule has 0 spiro atoms. The lowest BCUT2D eigenvalue weighted by atomic mass is 10.0. The van der Waals surface area contributed by atoms with E-state index in [1.165, 1.54) is 6.42 Å². The minimum absolute atomic E-state index is 0.0650. The standard InChI is InChI=1S/C14H22N2O2/c1-9-6-12(9)13-5-4-11(18-13)7-10(8-15)14(17)16(2)3/h4-5,9-10,12H,6-8,15H2,1-3H3. The average Bonchev–Trinajstić information content (AvgIpc) is 2.90. The number of hydrogen-bond acceptors (Lipinski definition) is 3. The molecule has 1 fully saturated rings. The fraction of sp³-hybridized carbons (Fsp3) is 0.643. The zero-order valence-electron chi connectivity index (χ0n) is 11.3. The molecule has 3 unspecified atom stereocenters. The summed E-state index contributed by atoms with van der Waals surface area (Å²) in [5, 5.41) is 0. The Morgan fingerprint density at radius 3 is 2.72 bits per heavy atom. The van der Waals surface area contributed by atoms with E-state index in [0.717, 1.165) is 17.4 Å². The van der Waals surface area contributed by atoms with Gasteiger partial charge in [0.2, 0.25) is 5.91 Å². The number of nitrogens with two attached hydrogens (primary N) is 1. The van der Waals surface area contributed by atoms with Crippen molar-refractivity contribution >= 4 is 5.91 Å². The second kappa shape index (κ2) is 5.14. The number of carbonyl (C=O) groups excluding carboxylic acids is 1. The van der Waals surface area contributed by atoms with Crippen LogP contribution in [0, 0.1) is 11.8 Å². The zero-order valence-corrected chi connectivity index (χ0v) is 11.3. The Balaban J connectivity index is 1.99. The summed E-state index contributed by atoms with van der Waals surface area (Å²) in [5.74, 6) is 3.13. The number of nitrogens with zero attached hydrogens (tertiary/aromatic N) is 1. The fourth-order valence-electron chi connectivity index (χ4n) is 2.30. The monoisotopic (exact) mass is 250 g/mol. The third-order valence-electron chi connectivity index (χ3n) is 3.68. The quantitative estimate of drug-likeness (QED) is 0.863. The van der Waals surface area contributed by atoms with Crippen molar-refractivity contribution < 1.29 is 9.21 Å². The summed E-state index contributed by atoms with van der Waals surface area (Å²) < 4.78 is 5.81. The Bertz CT molecular complexity index is 425. The molecule has 1 amide bonds. The second-order valence-corrected chi connectivity index (χ2v) is 5.49. The van der Waals surface area contributed by atoms with Crippen LogP contribution in [0.1, 0.15) is 30.8 Å². The Hall–Kier alpha value is -1.29. The van der Waals surface area contributed by atoms with Crippen molar-refractivity contribution in [1.29, 1.82) is 0 Å². The van der Waals surface area contributed by atoms with E-state index in [-0.39, 0.29) is 11.8 Å². The molecule has 0 radical (unpaired) electrons. The van der Waals surface area contributed by atoms with Crippen molar-refractivity contribution in [2.24, 2.45) is 17.6 Å². The maximum atomic E-state index is 11.9. The maximum Gasteiger partial charge on any atom is 0.226 e. The Morgan fingerprint density at radius 2 is 2.22 bits per heavy atom. The first-order chi connectivity index (χ1) is 8.52. The van der Waals surface area contributed by atoms with Crippen molar-refractivity contribution in [3.05, 3.63) is 23.7 Å². The molecule has 1 aliphatic carbocycles. The summed E-state index contributed by atoms with van der Waals surface area (Å²) >= 11 is 0. The molecule has 4 nitrogen and oxygen atoms in total. The van der Waals surface area contributed by atoms with E-state index in [9.17, 15) is 4.79 Å². The zero-order chi connectivity index (χ0) is 13.3. The van der Waals surface area contributed by atoms with Gasteiger partial charge in [-0.3, -0.25) is 4.79 Å². The number of furan rings is 1. The van der Waals surface area contributed by atoms with Crippen LogP contribution in [0.4, 0.5) is 0 Å². The van der Waals surface area contributed by atoms with Crippen LogP contribution in [-0.4, -0.2) is 31.4 Å². The van der Waals surface area contributed by atoms with Crippen LogP contribution in [0.3, 0.4) is 0 Å². The van der Waals surface area contributed by atoms with Gasteiger partial charge in [0.25, 0.3) is 0 Å². The molecule has 0 aliphatic heterocycles. The van der Waals surface area contributed by atoms with E-state index in [1.807, 2.05) is 12.1 Å². The summed E-state index contributed by atoms with van der Waals surface area (Å²) in [7, 11) is 3.51. The molecule has 1 saturated carbocycles. The normalized spacial score (nSPS) is 23.8. The van der Waals surface area contributed by atoms with E-state index >= 15 is 0 Å². The van der Waals surface area contributed by atoms with Gasteiger partial charge in [0.1, 0.15) is 11.5 Å². The molecule has 0 aromatic carbocycles. The van der Waals surface area contributed by atoms with Gasteiger partial charge >= 0.3 is 0 Å². The summed E-state index contributed by atoms with van der Waals surface area (Å²) in [4.78, 5) is 13.5. The molecule has 0 bridgehead atoms. The van der Waals surface area contributed by atoms with Crippen molar-refractivity contribution in [3.8, 4) is 0 Å². The highest BCUT2D eigenvalue weighted by Crippen LogP contribution is 2.47. The highest BCUT2D eigenvalue weighted by atomic mass is 16.3. The molecule has 1 aliphatic rings. The maximum absolute atomic E-state index is 11.9. The topological polar surface area (TPSA) is 59.5 Å². The lowest BCUT2D eigenvalue weighted by Crippen LogP contribution is -2.35. The van der Waals surface area contributed by atoms with Gasteiger partial charge in [-0.1, -0.05) is 6.92 Å². The summed E-state index contributed by atoms with van der Waals surface area (Å²) in [6.07, 6.45) is 1.80. The van der Waals surface area contributed by atoms with Gasteiger partial charge in [-0.2, -0.15) is 0 Å². The van der Waals surface area contributed by atoms with Crippen LogP contribution in [0.2, 0.25) is 0 Å². The third kappa shape index (κ3) is 2.75. The van der Waals surface area contributed by atoms with Crippen molar-refractivity contribution in [2.75, 3.05) is 20.6 Å². The van der Waals surface area contributed by atoms with Gasteiger partial charge < -0.3 is 15.1 Å². The molecule has 100 valence electrons. The largest absolute Gasteiger partial charge is 0.466 e. The van der Waals surface area contributed by atoms with Crippen LogP contribution >= 0.6 is 0 Å². The Kier molecular flexibility index (Phi) is 3.76. The molecular formula is C14H22N2O2. The van der Waals surface area contributed by atoms with Crippen LogP contribution in [0.5, 0.6) is 0 Å². The molecule has 1 aromatic heterocycles. The first-order valence-corrected chi connectivity index (χ1v) is 6.52. The number of rotatable bonds is 5. The average molecular weight is 250 g/mol. The number of amides is 1. The predicted octanol–water partition coefficient (Wildman–Crippen LogP) is 1.61. The number of carbonyl (C=O) groups is 1. The van der Waals surface area contributed by atoms with Crippen LogP contribution in [-0.2, 0) is 11.2 Å². The summed E-state index contributed by atoms with van der Waals surface area (Å²) in [6, 6.07) is 4.02. The van der Waals surface area contributed by atoms with Gasteiger partial charge in [0.05, 0.1) is 5.92 Å². The van der Waals surface area contributed by atoms with Crippen LogP contribution < -0.4 is 5.73 Å². The molecule has 2 N–H and O–H groups in total. The third-order valence-corrected chi connectivity index (χ3v) is 3.68. The minimum atomic E-state index is -0.185. The molecule has 18 heavy (non-hydrogen) atoms. The van der Waals surface area contributed by atoms with Gasteiger partial charge in [-0.15, -0.1) is 0 Å². The van der Waals surface area contributed by atoms with E-state index < -0.39 is 0 Å². The lowest BCUT2D eigenvalue weighted by Gasteiger charge is -2.17. The Labute approximate surface area is 108 Å². The van der Waals surface area contributed by atoms with Crippen LogP contribution in [0.25, 0.3) is 0 Å². The van der Waals surface area contributed by atoms with E-state index in [0.29, 0.717) is 18.9 Å². The molecule has 4 heteroatoms. The summed E-state index contributed by atoms with van der Waals surface area (Å²) in [5.41, 5.74) is 5.67. The van der Waals surface area contributed by atoms with Gasteiger partial charge in [0, 0.05) is 33.0 Å². The van der Waals surface area contributed by atoms with E-state index in [2.05, 4.69) is 6.92 Å². The minimum Gasteiger partial charge on any atom is -0.466 e. The molecule has 0 saturated heterocycles. The molecule has 3 atom stereocenters. The van der Waals surface area contributed by atoms with Gasteiger partial charge in [-0.25, -0.2) is 0 Å². The molecule has 1 heterocycles. The number of hydrogen-bond donors (Lipinski definition) is 1. The fourth-order valence-corrected chi connectivity index (χ4v) is 2.30. The second-order valence-electron chi connectivity index (χ2n) is 5.49. The molecule has 1 aromatic rings. The van der Waals surface area contributed by atoms with Crippen molar-refractivity contribution in [1.82, 2.24) is 4.90 Å². The SMILES string of the molecule is CC1CC1c1ccc(CC(CN)C(=O)N(C)C)o1. The smallest absolute Gasteiger partial charge is 0.226 e. The Morgan fingerprint density at radius 1 is 1.56 bits per heavy atom. The van der Waals surface area contributed by atoms with E-state index in [4.69, 9.17) is 10.2 Å². The molecular weight excluding hydrogens is 228 g/mol. The summed E-state index contributed by atoms with van der Waals surface area (Å²) in [6.45, 7) is 2.58. The van der Waals surface area contributed by atoms with Gasteiger partial charge in [0.15, 0.2) is 0 Å². The van der Waals surface area contributed by atoms with Gasteiger partial charge in [-0.05, 0) is 24.5 Å². The highest BCUT2D eigenvalue weighted by Gasteiger charge is 2.36. The van der Waals surface area contributed by atoms with E-state index in [1.54, 1.807) is 19.0 Å². The first-order valence-electron chi connectivity index (χ1n) is 6.52. The molecule has 2 rings (SSSR count). The first kappa shape index (κ1) is 13.1. The van der Waals surface area contributed by atoms with Crippen molar-refractivity contribution in [3.63, 3.8) is 0 Å².